The van der Waals surface area contributed by atoms with Crippen molar-refractivity contribution in [2.24, 2.45) is 0 Å². The Morgan fingerprint density at radius 3 is 2.87 bits per heavy atom. The Balaban J connectivity index is 1.61. The SMILES string of the molecule is CCn1cc(NC(=O)N[C@H](C)c2ccc3c(c2)OCCO3)cn1. The number of amides is 2. The monoisotopic (exact) mass is 316 g/mol. The van der Waals surface area contributed by atoms with E-state index in [9.17, 15) is 4.79 Å². The summed E-state index contributed by atoms with van der Waals surface area (Å²) in [4.78, 5) is 12.1. The van der Waals surface area contributed by atoms with E-state index in [0.29, 0.717) is 24.7 Å². The lowest BCUT2D eigenvalue weighted by molar-refractivity contribution is 0.171. The largest absolute Gasteiger partial charge is 0.486 e. The third-order valence-corrected chi connectivity index (χ3v) is 3.63. The molecular formula is C16H20N4O3. The predicted molar refractivity (Wildman–Crippen MR) is 85.9 cm³/mol. The molecule has 2 N–H and O–H groups in total. The number of aryl methyl sites for hydroxylation is 1. The third kappa shape index (κ3) is 3.56. The van der Waals surface area contributed by atoms with Gasteiger partial charge in [0.2, 0.25) is 0 Å². The van der Waals surface area contributed by atoms with Crippen molar-refractivity contribution >= 4 is 11.7 Å². The Kier molecular flexibility index (Phi) is 4.36. The lowest BCUT2D eigenvalue weighted by atomic mass is 10.1. The van der Waals surface area contributed by atoms with Crippen LogP contribution in [0.4, 0.5) is 10.5 Å². The second-order valence-electron chi connectivity index (χ2n) is 5.31. The van der Waals surface area contributed by atoms with E-state index in [-0.39, 0.29) is 12.1 Å². The molecule has 0 bridgehead atoms. The summed E-state index contributed by atoms with van der Waals surface area (Å²) in [5, 5.41) is 9.78. The number of hydrogen-bond acceptors (Lipinski definition) is 4. The maximum absolute atomic E-state index is 12.1. The van der Waals surface area contributed by atoms with E-state index in [0.717, 1.165) is 17.9 Å². The average molecular weight is 316 g/mol. The lowest BCUT2D eigenvalue weighted by Crippen LogP contribution is -2.31. The Morgan fingerprint density at radius 1 is 1.35 bits per heavy atom. The maximum atomic E-state index is 12.1. The number of nitrogens with one attached hydrogen (secondary N) is 2. The van der Waals surface area contributed by atoms with Crippen molar-refractivity contribution in [3.05, 3.63) is 36.2 Å². The van der Waals surface area contributed by atoms with Gasteiger partial charge in [-0.3, -0.25) is 4.68 Å². The topological polar surface area (TPSA) is 77.4 Å². The van der Waals surface area contributed by atoms with Gasteiger partial charge in [-0.2, -0.15) is 5.10 Å². The first-order chi connectivity index (χ1) is 11.2. The fourth-order valence-corrected chi connectivity index (χ4v) is 2.38. The zero-order valence-electron chi connectivity index (χ0n) is 13.2. The van der Waals surface area contributed by atoms with Crippen molar-refractivity contribution in [3.8, 4) is 11.5 Å². The molecule has 23 heavy (non-hydrogen) atoms. The lowest BCUT2D eigenvalue weighted by Gasteiger charge is -2.21. The molecule has 1 aliphatic rings. The zero-order chi connectivity index (χ0) is 16.2. The van der Waals surface area contributed by atoms with Gasteiger partial charge >= 0.3 is 6.03 Å². The highest BCUT2D eigenvalue weighted by Gasteiger charge is 2.16. The molecule has 3 rings (SSSR count). The number of hydrogen-bond donors (Lipinski definition) is 2. The van der Waals surface area contributed by atoms with Crippen LogP contribution in [0.2, 0.25) is 0 Å². The first-order valence-electron chi connectivity index (χ1n) is 7.65. The van der Waals surface area contributed by atoms with Gasteiger partial charge in [-0.05, 0) is 31.5 Å². The minimum absolute atomic E-state index is 0.160. The summed E-state index contributed by atoms with van der Waals surface area (Å²) >= 11 is 0. The highest BCUT2D eigenvalue weighted by Crippen LogP contribution is 2.32. The maximum Gasteiger partial charge on any atom is 0.319 e. The second-order valence-corrected chi connectivity index (χ2v) is 5.31. The summed E-state index contributed by atoms with van der Waals surface area (Å²) in [6, 6.07) is 5.25. The van der Waals surface area contributed by atoms with Crippen molar-refractivity contribution in [1.29, 1.82) is 0 Å². The Labute approximate surface area is 134 Å². The molecule has 7 heteroatoms. The molecule has 122 valence electrons. The van der Waals surface area contributed by atoms with Gasteiger partial charge in [0.1, 0.15) is 13.2 Å². The first kappa shape index (κ1) is 15.2. The minimum atomic E-state index is -0.275. The van der Waals surface area contributed by atoms with Crippen LogP contribution >= 0.6 is 0 Å². The molecule has 0 saturated carbocycles. The molecular weight excluding hydrogens is 296 g/mol. The molecule has 0 radical (unpaired) electrons. The number of urea groups is 1. The van der Waals surface area contributed by atoms with Crippen molar-refractivity contribution in [2.75, 3.05) is 18.5 Å². The van der Waals surface area contributed by atoms with Crippen molar-refractivity contribution in [3.63, 3.8) is 0 Å². The number of aromatic nitrogens is 2. The summed E-state index contributed by atoms with van der Waals surface area (Å²) in [7, 11) is 0. The molecule has 0 fully saturated rings. The van der Waals surface area contributed by atoms with Gasteiger partial charge in [0.15, 0.2) is 11.5 Å². The van der Waals surface area contributed by atoms with Crippen LogP contribution in [0.1, 0.15) is 25.5 Å². The van der Waals surface area contributed by atoms with E-state index in [1.807, 2.05) is 32.0 Å². The Hall–Kier alpha value is -2.70. The molecule has 2 amide bonds. The number of rotatable bonds is 4. The summed E-state index contributed by atoms with van der Waals surface area (Å²) in [5.74, 6) is 1.45. The Bertz CT molecular complexity index is 698. The van der Waals surface area contributed by atoms with Gasteiger partial charge in [0.05, 0.1) is 17.9 Å². The molecule has 0 aliphatic carbocycles. The van der Waals surface area contributed by atoms with E-state index in [4.69, 9.17) is 9.47 Å². The number of fused-ring (bicyclic) bond motifs is 1. The highest BCUT2D eigenvalue weighted by atomic mass is 16.6. The predicted octanol–water partition coefficient (Wildman–Crippen LogP) is 2.56. The molecule has 1 aromatic carbocycles. The minimum Gasteiger partial charge on any atom is -0.486 e. The highest BCUT2D eigenvalue weighted by molar-refractivity contribution is 5.89. The number of ether oxygens (including phenoxy) is 2. The van der Waals surface area contributed by atoms with Crippen LogP contribution in [-0.4, -0.2) is 29.0 Å². The van der Waals surface area contributed by atoms with Crippen LogP contribution in [0.5, 0.6) is 11.5 Å². The van der Waals surface area contributed by atoms with Crippen LogP contribution in [0.3, 0.4) is 0 Å². The van der Waals surface area contributed by atoms with Crippen LogP contribution in [-0.2, 0) is 6.54 Å². The van der Waals surface area contributed by atoms with Crippen LogP contribution < -0.4 is 20.1 Å². The van der Waals surface area contributed by atoms with Gasteiger partial charge < -0.3 is 20.1 Å². The van der Waals surface area contributed by atoms with E-state index in [1.165, 1.54) is 0 Å². The summed E-state index contributed by atoms with van der Waals surface area (Å²) in [6.07, 6.45) is 3.41. The first-order valence-corrected chi connectivity index (χ1v) is 7.65. The molecule has 0 unspecified atom stereocenters. The smallest absolute Gasteiger partial charge is 0.319 e. The van der Waals surface area contributed by atoms with E-state index in [2.05, 4.69) is 15.7 Å². The van der Waals surface area contributed by atoms with Gasteiger partial charge in [-0.1, -0.05) is 6.07 Å². The standard InChI is InChI=1S/C16H20N4O3/c1-3-20-10-13(9-17-20)19-16(21)18-11(2)12-4-5-14-15(8-12)23-7-6-22-14/h4-5,8-11H,3,6-7H2,1-2H3,(H2,18,19,21)/t11-/m1/s1. The molecule has 2 heterocycles. The molecule has 7 nitrogen and oxygen atoms in total. The number of anilines is 1. The molecule has 0 spiro atoms. The van der Waals surface area contributed by atoms with Crippen molar-refractivity contribution in [1.82, 2.24) is 15.1 Å². The molecule has 0 saturated heterocycles. The zero-order valence-corrected chi connectivity index (χ0v) is 13.2. The van der Waals surface area contributed by atoms with E-state index in [1.54, 1.807) is 17.1 Å². The van der Waals surface area contributed by atoms with Crippen LogP contribution in [0.25, 0.3) is 0 Å². The van der Waals surface area contributed by atoms with E-state index < -0.39 is 0 Å². The number of nitrogens with zero attached hydrogens (tertiary/aromatic N) is 2. The molecule has 2 aromatic rings. The number of carbonyl (C=O) groups excluding carboxylic acids is 1. The summed E-state index contributed by atoms with van der Waals surface area (Å²) < 4.78 is 12.8. The fourth-order valence-electron chi connectivity index (χ4n) is 2.38. The van der Waals surface area contributed by atoms with Gasteiger partial charge in [-0.15, -0.1) is 0 Å². The van der Waals surface area contributed by atoms with Crippen molar-refractivity contribution in [2.45, 2.75) is 26.4 Å². The van der Waals surface area contributed by atoms with Gasteiger partial charge in [0.25, 0.3) is 0 Å². The van der Waals surface area contributed by atoms with Gasteiger partial charge in [-0.25, -0.2) is 4.79 Å². The third-order valence-electron chi connectivity index (χ3n) is 3.63. The second kappa shape index (κ2) is 6.60. The summed E-state index contributed by atoms with van der Waals surface area (Å²) in [5.41, 5.74) is 1.62. The normalized spacial score (nSPS) is 14.2. The van der Waals surface area contributed by atoms with Gasteiger partial charge in [0, 0.05) is 12.7 Å². The number of benzene rings is 1. The summed E-state index contributed by atoms with van der Waals surface area (Å²) in [6.45, 7) is 5.77. The fraction of sp³-hybridized carbons (Fsp3) is 0.375. The van der Waals surface area contributed by atoms with Crippen molar-refractivity contribution < 1.29 is 14.3 Å². The molecule has 1 aromatic heterocycles. The average Bonchev–Trinajstić information content (AvgIpc) is 3.01. The Morgan fingerprint density at radius 2 is 2.13 bits per heavy atom. The number of carbonyl (C=O) groups is 1. The molecule has 1 atom stereocenters. The quantitative estimate of drug-likeness (QED) is 0.909. The van der Waals surface area contributed by atoms with Crippen LogP contribution in [0.15, 0.2) is 30.6 Å². The van der Waals surface area contributed by atoms with Crippen LogP contribution in [0, 0.1) is 0 Å². The molecule has 1 aliphatic heterocycles. The van der Waals surface area contributed by atoms with E-state index >= 15 is 0 Å².